The van der Waals surface area contributed by atoms with Crippen LogP contribution >= 0.6 is 0 Å². The lowest BCUT2D eigenvalue weighted by Gasteiger charge is -2.12. The molecule has 0 unspecified atom stereocenters. The Morgan fingerprint density at radius 3 is 2.54 bits per heavy atom. The Kier molecular flexibility index (Phi) is 4.65. The Bertz CT molecular complexity index is 1170. The molecule has 1 heterocycles. The number of methoxy groups -OCH3 is 2. The highest BCUT2D eigenvalue weighted by atomic mass is 16.5. The monoisotopic (exact) mass is 376 g/mol. The molecule has 5 nitrogen and oxygen atoms in total. The number of hydrogen-bond acceptors (Lipinski definition) is 5. The normalized spacial score (nSPS) is 11.0. The first-order valence-corrected chi connectivity index (χ1v) is 8.92. The van der Waals surface area contributed by atoms with Crippen LogP contribution in [0.25, 0.3) is 21.7 Å². The molecule has 0 saturated heterocycles. The standard InChI is InChI=1S/C23H20O5/c1-14-17-12-11-15-7-4-5-9-18(15)22(17)28-20(14)23(24)27-13-16-8-6-10-19(25-2)21(16)26-3/h4-12H,13H2,1-3H3. The molecule has 4 aromatic rings. The van der Waals surface area contributed by atoms with Gasteiger partial charge in [0, 0.05) is 21.9 Å². The molecule has 0 fully saturated rings. The summed E-state index contributed by atoms with van der Waals surface area (Å²) < 4.78 is 22.1. The highest BCUT2D eigenvalue weighted by Crippen LogP contribution is 2.33. The van der Waals surface area contributed by atoms with E-state index < -0.39 is 5.97 Å². The Morgan fingerprint density at radius 1 is 0.929 bits per heavy atom. The van der Waals surface area contributed by atoms with Crippen molar-refractivity contribution < 1.29 is 23.4 Å². The van der Waals surface area contributed by atoms with Gasteiger partial charge >= 0.3 is 5.97 Å². The number of hydrogen-bond donors (Lipinski definition) is 0. The molecule has 0 spiro atoms. The molecule has 0 amide bonds. The zero-order valence-corrected chi connectivity index (χ0v) is 15.9. The van der Waals surface area contributed by atoms with Gasteiger partial charge in [0.1, 0.15) is 12.2 Å². The second-order valence-electron chi connectivity index (χ2n) is 6.45. The van der Waals surface area contributed by atoms with Crippen LogP contribution in [0.4, 0.5) is 0 Å². The first-order chi connectivity index (χ1) is 13.6. The summed E-state index contributed by atoms with van der Waals surface area (Å²) in [6.45, 7) is 1.92. The van der Waals surface area contributed by atoms with E-state index >= 15 is 0 Å². The van der Waals surface area contributed by atoms with E-state index in [1.54, 1.807) is 20.3 Å². The number of carbonyl (C=O) groups is 1. The Balaban J connectivity index is 1.65. The topological polar surface area (TPSA) is 57.9 Å². The Hall–Kier alpha value is -3.47. The average molecular weight is 376 g/mol. The molecule has 0 aliphatic heterocycles. The van der Waals surface area contributed by atoms with Crippen LogP contribution in [0.2, 0.25) is 0 Å². The highest BCUT2D eigenvalue weighted by molar-refractivity contribution is 6.08. The number of aryl methyl sites for hydroxylation is 1. The summed E-state index contributed by atoms with van der Waals surface area (Å²) in [7, 11) is 3.12. The van der Waals surface area contributed by atoms with Crippen LogP contribution in [0.1, 0.15) is 21.7 Å². The van der Waals surface area contributed by atoms with Gasteiger partial charge in [-0.05, 0) is 18.4 Å². The van der Waals surface area contributed by atoms with Gasteiger partial charge in [-0.1, -0.05) is 48.5 Å². The second-order valence-corrected chi connectivity index (χ2v) is 6.45. The molecule has 0 N–H and O–H groups in total. The summed E-state index contributed by atoms with van der Waals surface area (Å²) in [4.78, 5) is 12.7. The van der Waals surface area contributed by atoms with Crippen LogP contribution in [-0.4, -0.2) is 20.2 Å². The molecule has 3 aromatic carbocycles. The third kappa shape index (κ3) is 2.95. The van der Waals surface area contributed by atoms with Crippen LogP contribution in [0, 0.1) is 6.92 Å². The molecule has 0 saturated carbocycles. The summed E-state index contributed by atoms with van der Waals surface area (Å²) >= 11 is 0. The first kappa shape index (κ1) is 17.9. The minimum Gasteiger partial charge on any atom is -0.493 e. The zero-order valence-electron chi connectivity index (χ0n) is 15.9. The molecule has 28 heavy (non-hydrogen) atoms. The van der Waals surface area contributed by atoms with Crippen molar-refractivity contribution in [3.8, 4) is 11.5 Å². The van der Waals surface area contributed by atoms with Gasteiger partial charge < -0.3 is 18.6 Å². The van der Waals surface area contributed by atoms with E-state index in [-0.39, 0.29) is 12.4 Å². The molecule has 0 radical (unpaired) electrons. The van der Waals surface area contributed by atoms with Gasteiger partial charge in [0.2, 0.25) is 5.76 Å². The molecule has 4 rings (SSSR count). The van der Waals surface area contributed by atoms with E-state index in [4.69, 9.17) is 18.6 Å². The molecular formula is C23H20O5. The number of furan rings is 1. The minimum atomic E-state index is -0.511. The molecule has 1 aromatic heterocycles. The molecule has 0 bridgehead atoms. The van der Waals surface area contributed by atoms with E-state index in [0.717, 1.165) is 27.3 Å². The maximum atomic E-state index is 12.7. The van der Waals surface area contributed by atoms with Gasteiger partial charge in [-0.15, -0.1) is 0 Å². The van der Waals surface area contributed by atoms with Crippen LogP contribution in [0.15, 0.2) is 59.0 Å². The SMILES string of the molecule is COc1cccc(COC(=O)c2oc3c(ccc4ccccc43)c2C)c1OC. The molecule has 5 heteroatoms. The Labute approximate surface area is 162 Å². The summed E-state index contributed by atoms with van der Waals surface area (Å²) in [5.74, 6) is 0.837. The van der Waals surface area contributed by atoms with Crippen molar-refractivity contribution in [3.63, 3.8) is 0 Å². The molecular weight excluding hydrogens is 356 g/mol. The van der Waals surface area contributed by atoms with Gasteiger partial charge in [-0.3, -0.25) is 0 Å². The number of carbonyl (C=O) groups excluding carboxylic acids is 1. The van der Waals surface area contributed by atoms with Gasteiger partial charge in [-0.2, -0.15) is 0 Å². The number of esters is 1. The number of rotatable bonds is 5. The lowest BCUT2D eigenvalue weighted by Crippen LogP contribution is -2.06. The smallest absolute Gasteiger partial charge is 0.374 e. The van der Waals surface area contributed by atoms with Crippen molar-refractivity contribution in [1.29, 1.82) is 0 Å². The van der Waals surface area contributed by atoms with E-state index in [0.29, 0.717) is 17.1 Å². The maximum absolute atomic E-state index is 12.7. The fourth-order valence-corrected chi connectivity index (χ4v) is 3.42. The van der Waals surface area contributed by atoms with E-state index in [1.807, 2.05) is 55.5 Å². The third-order valence-corrected chi connectivity index (χ3v) is 4.86. The quantitative estimate of drug-likeness (QED) is 0.444. The van der Waals surface area contributed by atoms with Crippen molar-refractivity contribution in [2.75, 3.05) is 14.2 Å². The van der Waals surface area contributed by atoms with E-state index in [2.05, 4.69) is 0 Å². The van der Waals surface area contributed by atoms with Gasteiger partial charge in [-0.25, -0.2) is 4.79 Å². The van der Waals surface area contributed by atoms with Crippen molar-refractivity contribution in [2.45, 2.75) is 13.5 Å². The second kappa shape index (κ2) is 7.27. The fourth-order valence-electron chi connectivity index (χ4n) is 3.42. The average Bonchev–Trinajstić information content (AvgIpc) is 3.08. The summed E-state index contributed by atoms with van der Waals surface area (Å²) in [6, 6.07) is 17.4. The van der Waals surface area contributed by atoms with Crippen LogP contribution in [0.5, 0.6) is 11.5 Å². The molecule has 0 aliphatic carbocycles. The van der Waals surface area contributed by atoms with Gasteiger partial charge in [0.05, 0.1) is 14.2 Å². The number of fused-ring (bicyclic) bond motifs is 3. The predicted molar refractivity (Wildman–Crippen MR) is 107 cm³/mol. The van der Waals surface area contributed by atoms with Crippen LogP contribution < -0.4 is 9.47 Å². The van der Waals surface area contributed by atoms with E-state index in [1.165, 1.54) is 0 Å². The number of benzene rings is 3. The number of ether oxygens (including phenoxy) is 3. The first-order valence-electron chi connectivity index (χ1n) is 8.92. The minimum absolute atomic E-state index is 0.0520. The van der Waals surface area contributed by atoms with Crippen molar-refractivity contribution in [3.05, 3.63) is 71.5 Å². The molecule has 142 valence electrons. The fraction of sp³-hybridized carbons (Fsp3) is 0.174. The van der Waals surface area contributed by atoms with Gasteiger partial charge in [0.25, 0.3) is 0 Å². The van der Waals surface area contributed by atoms with Crippen molar-refractivity contribution in [1.82, 2.24) is 0 Å². The summed E-state index contributed by atoms with van der Waals surface area (Å²) in [5.41, 5.74) is 2.18. The maximum Gasteiger partial charge on any atom is 0.374 e. The Morgan fingerprint density at radius 2 is 1.75 bits per heavy atom. The predicted octanol–water partition coefficient (Wildman–Crippen LogP) is 5.27. The molecule has 0 aliphatic rings. The molecule has 0 atom stereocenters. The van der Waals surface area contributed by atoms with E-state index in [9.17, 15) is 4.79 Å². The van der Waals surface area contributed by atoms with Crippen molar-refractivity contribution >= 4 is 27.7 Å². The van der Waals surface area contributed by atoms with Crippen LogP contribution in [0.3, 0.4) is 0 Å². The summed E-state index contributed by atoms with van der Waals surface area (Å²) in [6.07, 6.45) is 0. The van der Waals surface area contributed by atoms with Gasteiger partial charge in [0.15, 0.2) is 11.5 Å². The summed E-state index contributed by atoms with van der Waals surface area (Å²) in [5, 5.41) is 2.94. The zero-order chi connectivity index (χ0) is 19.7. The van der Waals surface area contributed by atoms with Crippen molar-refractivity contribution in [2.24, 2.45) is 0 Å². The number of para-hydroxylation sites is 1. The highest BCUT2D eigenvalue weighted by Gasteiger charge is 2.21. The largest absolute Gasteiger partial charge is 0.493 e. The third-order valence-electron chi connectivity index (χ3n) is 4.86. The van der Waals surface area contributed by atoms with Crippen LogP contribution in [-0.2, 0) is 11.3 Å². The lowest BCUT2D eigenvalue weighted by atomic mass is 10.1. The lowest BCUT2D eigenvalue weighted by molar-refractivity contribution is 0.0434.